The average Bonchev–Trinajstić information content (AvgIpc) is 2.83. The lowest BCUT2D eigenvalue weighted by Crippen LogP contribution is -2.30. The van der Waals surface area contributed by atoms with Crippen LogP contribution in [0.4, 0.5) is 5.82 Å². The Morgan fingerprint density at radius 1 is 0.906 bits per heavy atom. The van der Waals surface area contributed by atoms with Crippen LogP contribution in [0.25, 0.3) is 21.9 Å². The Labute approximate surface area is 186 Å². The summed E-state index contributed by atoms with van der Waals surface area (Å²) in [5.74, 6) is 2.11. The van der Waals surface area contributed by atoms with Gasteiger partial charge in [-0.1, -0.05) is 12.1 Å². The average molecular weight is 430 g/mol. The maximum absolute atomic E-state index is 9.44. The summed E-state index contributed by atoms with van der Waals surface area (Å²) in [6, 6.07) is 13.3. The molecule has 8 nitrogen and oxygen atoms in total. The summed E-state index contributed by atoms with van der Waals surface area (Å²) >= 11 is 0. The molecule has 0 bridgehead atoms. The minimum atomic E-state index is -1.57. The van der Waals surface area contributed by atoms with Crippen molar-refractivity contribution in [3.05, 3.63) is 66.1 Å². The first-order chi connectivity index (χ1) is 15.5. The summed E-state index contributed by atoms with van der Waals surface area (Å²) < 4.78 is 10.7. The van der Waals surface area contributed by atoms with Crippen molar-refractivity contribution in [2.45, 2.75) is 13.5 Å². The maximum atomic E-state index is 9.44. The first kappa shape index (κ1) is 21.5. The largest absolute Gasteiger partial charge is 0.497 e. The molecular formula is C23H23BN4O4. The van der Waals surface area contributed by atoms with Gasteiger partial charge in [-0.25, -0.2) is 0 Å². The van der Waals surface area contributed by atoms with E-state index in [1.54, 1.807) is 26.5 Å². The number of hydrogen-bond acceptors (Lipinski definition) is 8. The predicted molar refractivity (Wildman–Crippen MR) is 124 cm³/mol. The molecule has 0 aliphatic heterocycles. The first-order valence-corrected chi connectivity index (χ1v) is 10.0. The zero-order chi connectivity index (χ0) is 22.7. The smallest absolute Gasteiger partial charge is 0.490 e. The molecular weight excluding hydrogens is 407 g/mol. The van der Waals surface area contributed by atoms with E-state index in [0.29, 0.717) is 17.8 Å². The number of fused-ring (bicyclic) bond motifs is 1. The molecule has 0 fully saturated rings. The van der Waals surface area contributed by atoms with Crippen LogP contribution < -0.4 is 20.3 Å². The van der Waals surface area contributed by atoms with E-state index in [-0.39, 0.29) is 0 Å². The quantitative estimate of drug-likeness (QED) is 0.384. The lowest BCUT2D eigenvalue weighted by molar-refractivity contribution is 0.391. The van der Waals surface area contributed by atoms with Crippen LogP contribution >= 0.6 is 0 Å². The molecule has 2 heterocycles. The van der Waals surface area contributed by atoms with E-state index in [4.69, 9.17) is 9.47 Å². The van der Waals surface area contributed by atoms with Crippen molar-refractivity contribution in [2.75, 3.05) is 19.5 Å². The van der Waals surface area contributed by atoms with Crippen LogP contribution in [-0.2, 0) is 6.54 Å². The second-order valence-electron chi connectivity index (χ2n) is 7.31. The zero-order valence-electron chi connectivity index (χ0n) is 18.0. The van der Waals surface area contributed by atoms with Crippen LogP contribution in [0.15, 0.2) is 54.9 Å². The highest BCUT2D eigenvalue weighted by Gasteiger charge is 2.14. The molecule has 2 aromatic heterocycles. The van der Waals surface area contributed by atoms with Gasteiger partial charge in [-0.15, -0.1) is 5.10 Å². The summed E-state index contributed by atoms with van der Waals surface area (Å²) in [7, 11) is 1.68. The molecule has 0 amide bonds. The van der Waals surface area contributed by atoms with E-state index in [0.717, 1.165) is 44.7 Å². The van der Waals surface area contributed by atoms with Crippen molar-refractivity contribution in [2.24, 2.45) is 0 Å². The molecule has 0 saturated heterocycles. The monoisotopic (exact) mass is 430 g/mol. The van der Waals surface area contributed by atoms with Gasteiger partial charge in [0.2, 0.25) is 0 Å². The minimum Gasteiger partial charge on any atom is -0.497 e. The van der Waals surface area contributed by atoms with Crippen LogP contribution in [0.1, 0.15) is 11.3 Å². The molecule has 0 radical (unpaired) electrons. The molecule has 0 spiro atoms. The van der Waals surface area contributed by atoms with E-state index in [2.05, 4.69) is 20.5 Å². The second kappa shape index (κ2) is 9.21. The molecule has 3 N–H and O–H groups in total. The normalized spacial score (nSPS) is 10.8. The van der Waals surface area contributed by atoms with Crippen molar-refractivity contribution < 1.29 is 19.5 Å². The van der Waals surface area contributed by atoms with E-state index in [9.17, 15) is 10.0 Å². The van der Waals surface area contributed by atoms with Gasteiger partial charge in [-0.05, 0) is 42.3 Å². The first-order valence-electron chi connectivity index (χ1n) is 10.0. The van der Waals surface area contributed by atoms with Crippen LogP contribution in [-0.4, -0.2) is 46.6 Å². The van der Waals surface area contributed by atoms with Gasteiger partial charge < -0.3 is 24.8 Å². The summed E-state index contributed by atoms with van der Waals surface area (Å²) in [6.45, 7) is 2.41. The van der Waals surface area contributed by atoms with Crippen molar-refractivity contribution in [1.29, 1.82) is 0 Å². The van der Waals surface area contributed by atoms with Crippen LogP contribution in [0.3, 0.4) is 0 Å². The van der Waals surface area contributed by atoms with E-state index < -0.39 is 7.12 Å². The van der Waals surface area contributed by atoms with Gasteiger partial charge in [0, 0.05) is 46.8 Å². The Hall–Kier alpha value is -3.69. The summed E-state index contributed by atoms with van der Waals surface area (Å²) in [6.07, 6.45) is 3.12. The maximum Gasteiger partial charge on any atom is 0.490 e. The van der Waals surface area contributed by atoms with E-state index >= 15 is 0 Å². The Bertz CT molecular complexity index is 1270. The number of nitrogens with zero attached hydrogens (tertiary/aromatic N) is 3. The van der Waals surface area contributed by atoms with Crippen LogP contribution in [0.2, 0.25) is 0 Å². The number of aryl methyl sites for hydroxylation is 1. The van der Waals surface area contributed by atoms with Gasteiger partial charge in [0.05, 0.1) is 19.9 Å². The molecule has 2 aromatic carbocycles. The highest BCUT2D eigenvalue weighted by molar-refractivity contribution is 6.58. The van der Waals surface area contributed by atoms with Crippen LogP contribution in [0.5, 0.6) is 11.5 Å². The molecule has 9 heteroatoms. The molecule has 0 atom stereocenters. The topological polar surface area (TPSA) is 110 Å². The van der Waals surface area contributed by atoms with Crippen LogP contribution in [0, 0.1) is 6.92 Å². The molecule has 0 saturated carbocycles. The summed E-state index contributed by atoms with van der Waals surface area (Å²) in [4.78, 5) is 4.11. The van der Waals surface area contributed by atoms with Gasteiger partial charge in [0.1, 0.15) is 11.5 Å². The predicted octanol–water partition coefficient (Wildman–Crippen LogP) is 2.31. The molecule has 4 aromatic rings. The number of rotatable bonds is 7. The number of benzene rings is 2. The zero-order valence-corrected chi connectivity index (χ0v) is 18.0. The highest BCUT2D eigenvalue weighted by atomic mass is 16.5. The standard InChI is InChI=1S/C23H23BN4O4/c1-14-21-9-15(17-8-18(24(29)30)13-25-11-17)5-7-20(21)23(28-27-14)26-12-16-4-6-19(31-2)10-22(16)32-3/h4-11,13,29-30H,12H2,1-3H3,(H,26,28). The van der Waals surface area contributed by atoms with Gasteiger partial charge >= 0.3 is 7.12 Å². The summed E-state index contributed by atoms with van der Waals surface area (Å²) in [5, 5.41) is 32.8. The third-order valence-electron chi connectivity index (χ3n) is 5.30. The van der Waals surface area contributed by atoms with E-state index in [1.165, 1.54) is 6.20 Å². The van der Waals surface area contributed by atoms with Crippen molar-refractivity contribution in [1.82, 2.24) is 15.2 Å². The van der Waals surface area contributed by atoms with Crippen molar-refractivity contribution >= 4 is 29.2 Å². The Morgan fingerprint density at radius 2 is 1.75 bits per heavy atom. The number of hydrogen-bond donors (Lipinski definition) is 3. The number of aromatic nitrogens is 3. The SMILES string of the molecule is COc1ccc(CNc2nnc(C)c3cc(-c4cncc(B(O)O)c4)ccc23)c(OC)c1. The fraction of sp³-hybridized carbons (Fsp3) is 0.174. The Morgan fingerprint density at radius 3 is 2.50 bits per heavy atom. The minimum absolute atomic E-state index is 0.336. The van der Waals surface area contributed by atoms with Gasteiger partial charge in [0.15, 0.2) is 5.82 Å². The highest BCUT2D eigenvalue weighted by Crippen LogP contribution is 2.30. The van der Waals surface area contributed by atoms with E-state index in [1.807, 2.05) is 43.3 Å². The Balaban J connectivity index is 1.66. The molecule has 4 rings (SSSR count). The van der Waals surface area contributed by atoms with Crippen molar-refractivity contribution in [3.63, 3.8) is 0 Å². The van der Waals surface area contributed by atoms with Gasteiger partial charge in [-0.2, -0.15) is 5.10 Å². The number of pyridine rings is 1. The van der Waals surface area contributed by atoms with Gasteiger partial charge in [0.25, 0.3) is 0 Å². The lowest BCUT2D eigenvalue weighted by atomic mass is 9.80. The molecule has 0 aliphatic rings. The molecule has 0 unspecified atom stereocenters. The third-order valence-corrected chi connectivity index (χ3v) is 5.30. The summed E-state index contributed by atoms with van der Waals surface area (Å²) in [5.41, 5.74) is 3.77. The fourth-order valence-corrected chi connectivity index (χ4v) is 3.53. The number of nitrogens with one attached hydrogen (secondary N) is 1. The van der Waals surface area contributed by atoms with Crippen molar-refractivity contribution in [3.8, 4) is 22.6 Å². The molecule has 0 aliphatic carbocycles. The third kappa shape index (κ3) is 4.34. The Kier molecular flexibility index (Phi) is 6.20. The lowest BCUT2D eigenvalue weighted by Gasteiger charge is -2.14. The number of anilines is 1. The van der Waals surface area contributed by atoms with Gasteiger partial charge in [-0.3, -0.25) is 4.98 Å². The fourth-order valence-electron chi connectivity index (χ4n) is 3.53. The molecule has 32 heavy (non-hydrogen) atoms. The number of methoxy groups -OCH3 is 2. The number of ether oxygens (including phenoxy) is 2. The molecule has 162 valence electrons. The second-order valence-corrected chi connectivity index (χ2v) is 7.31.